The molecule has 0 aliphatic carbocycles. The Balaban J connectivity index is 0.000000278. The number of Topliss-reactive ketones (excluding diaryl/α,β-unsaturated/α-hetero) is 2. The van der Waals surface area contributed by atoms with Crippen molar-refractivity contribution < 1.29 is 90.1 Å². The summed E-state index contributed by atoms with van der Waals surface area (Å²) in [5, 5.41) is 30.8. The first-order valence-electron chi connectivity index (χ1n) is 41.9. The van der Waals surface area contributed by atoms with Crippen molar-refractivity contribution in [2.24, 2.45) is 23.7 Å². The number of cyclic esters (lactones) is 2. The second kappa shape index (κ2) is 42.6. The van der Waals surface area contributed by atoms with E-state index in [1.165, 1.54) is 59.2 Å². The monoisotopic (exact) mass is 1710 g/mol. The second-order valence-corrected chi connectivity index (χ2v) is 36.4. The van der Waals surface area contributed by atoms with Crippen LogP contribution >= 0.6 is 11.8 Å². The topological polar surface area (TPSA) is 408 Å². The number of oxazole rings is 1. The summed E-state index contributed by atoms with van der Waals surface area (Å²) >= 11 is 1.73. The first-order chi connectivity index (χ1) is 57.7. The number of hydrogen-bond donors (Lipinski definition) is 6. The molecule has 0 radical (unpaired) electrons. The summed E-state index contributed by atoms with van der Waals surface area (Å²) in [6.07, 6.45) is 9.09. The maximum absolute atomic E-state index is 15.7. The van der Waals surface area contributed by atoms with Crippen molar-refractivity contribution in [3.05, 3.63) is 144 Å². The molecule has 8 aliphatic heterocycles. The van der Waals surface area contributed by atoms with Crippen LogP contribution in [0.1, 0.15) is 151 Å². The van der Waals surface area contributed by atoms with Gasteiger partial charge in [-0.15, -0.1) is 0 Å². The number of aliphatic hydroxyl groups excluding tert-OH is 1. The quantitative estimate of drug-likeness (QED) is 0.0787. The van der Waals surface area contributed by atoms with E-state index >= 15 is 14.4 Å². The summed E-state index contributed by atoms with van der Waals surface area (Å²) in [6.45, 7) is 19.0. The van der Waals surface area contributed by atoms with Crippen LogP contribution in [0.2, 0.25) is 0 Å². The molecule has 8 aliphatic rings. The van der Waals surface area contributed by atoms with Crippen LogP contribution in [0.15, 0.2) is 120 Å². The summed E-state index contributed by atoms with van der Waals surface area (Å²) in [5.41, 5.74) is 1.99. The number of carbonyl (C=O) groups is 12. The Morgan fingerprint density at radius 2 is 1.50 bits per heavy atom. The molecule has 10 heterocycles. The highest BCUT2D eigenvalue weighted by Gasteiger charge is 2.52. The lowest BCUT2D eigenvalue weighted by Crippen LogP contribution is -2.63. The van der Waals surface area contributed by atoms with Gasteiger partial charge in [0.2, 0.25) is 41.3 Å². The highest BCUT2D eigenvalue weighted by atomic mass is 32.2. The van der Waals surface area contributed by atoms with Gasteiger partial charge in [0.1, 0.15) is 72.0 Å². The minimum absolute atomic E-state index is 0.0243. The number of likely N-dealkylation sites (N-methyl/N-ethyl adjacent to an activating group) is 1. The smallest absolute Gasteiger partial charge is 0.333 e. The number of aromatic hydroxyl groups is 1. The highest BCUT2D eigenvalue weighted by Crippen LogP contribution is 2.38. The largest absolute Gasteiger partial charge is 0.505 e. The third-order valence-corrected chi connectivity index (χ3v) is 27.5. The molecule has 121 heavy (non-hydrogen) atoms. The second-order valence-electron chi connectivity index (χ2n) is 32.8. The summed E-state index contributed by atoms with van der Waals surface area (Å²) in [7, 11) is 1.46. The zero-order valence-electron chi connectivity index (χ0n) is 70.9. The number of aliphatic hydroxyl groups is 1. The number of allylic oxidation sites excluding steroid dienone is 2. The fraction of sp³-hybridized carbons (Fsp3) is 0.563. The molecule has 7 saturated heterocycles. The van der Waals surface area contributed by atoms with Crippen LogP contribution in [0, 0.1) is 23.7 Å². The van der Waals surface area contributed by atoms with Gasteiger partial charge < -0.3 is 79.7 Å². The van der Waals surface area contributed by atoms with Crippen molar-refractivity contribution in [2.45, 2.75) is 191 Å². The molecule has 34 heteroatoms. The van der Waals surface area contributed by atoms with E-state index in [9.17, 15) is 61.8 Å². The lowest BCUT2D eigenvalue weighted by molar-refractivity contribution is -0.158. The Bertz CT molecular complexity index is 4590. The molecule has 4 aromatic rings. The molecule has 2 aromatic heterocycles. The molecular formula is C87H117N13O19S2. The number of aromatic nitrogens is 2. The van der Waals surface area contributed by atoms with Gasteiger partial charge in [0.25, 0.3) is 11.8 Å². The Labute approximate surface area is 711 Å². The van der Waals surface area contributed by atoms with Crippen molar-refractivity contribution >= 4 is 98.0 Å². The number of benzene rings is 2. The number of esters is 2. The standard InChI is InChI=1S/C53H67N9O10S.C34H50N4O9S/c1-6-37-50(68)61-23-11-14-38(61)51(69)59(5)40(26-32-16-18-36(19-17-32)58(3)4)52(70)62-28-35(30-73-43-29-60-24-20-33(43)21-25-60)42(64)27-39(62)47(65)57-45(34-12-8-7-9-13-34)53(71)72-31(2)44(48(66)55-37)56-49(67)46-41(63)15-10-22-54-46;1-7-37(8-2)16-17-48(44,45)28-13-15-38-31(28)34(43)47-32(22(3)4)24(6)11-12-29(41)35-14-9-10-23(5)18-25(39)19-26(40)20-30-36-27(21-46-30)33(38)42/h7-10,12-13,15-19,22,31,33,35,37-40,43-45,63H,6,11,14,20-21,23-30H2,1-5H3,(H,55,66)(H,56,67)(H,57,65);9-12,18,21-22,24-25,28,31-32,39H,7-8,13-17,19-20H2,1-6H3,(H,35,41)/b;10-9-,12-11-,23-18-/t31-,35?,37-,38+,39?,40+,43-,44+,45+;24-,25-,28-,31?,32-/m11/s1. The first kappa shape index (κ1) is 93.1. The van der Waals surface area contributed by atoms with E-state index in [0.717, 1.165) is 54.9 Å². The minimum atomic E-state index is -3.87. The molecule has 3 unspecified atom stereocenters. The first-order valence-corrected chi connectivity index (χ1v) is 44.7. The number of anilines is 1. The molecule has 32 nitrogen and oxygen atoms in total. The van der Waals surface area contributed by atoms with E-state index in [0.29, 0.717) is 42.0 Å². The van der Waals surface area contributed by atoms with E-state index in [1.807, 2.05) is 75.9 Å². The van der Waals surface area contributed by atoms with E-state index in [2.05, 4.69) is 36.1 Å². The minimum Gasteiger partial charge on any atom is -0.505 e. The Kier molecular flexibility index (Phi) is 32.8. The van der Waals surface area contributed by atoms with Gasteiger partial charge in [0.15, 0.2) is 27.3 Å². The third kappa shape index (κ3) is 23.8. The average Bonchev–Trinajstić information content (AvgIpc) is 1.69. The van der Waals surface area contributed by atoms with Crippen molar-refractivity contribution in [3.63, 3.8) is 0 Å². The number of nitrogens with zero attached hydrogens (tertiary/aromatic N) is 9. The molecule has 0 spiro atoms. The lowest BCUT2D eigenvalue weighted by Gasteiger charge is -2.45. The Morgan fingerprint density at radius 3 is 2.17 bits per heavy atom. The van der Waals surface area contributed by atoms with Crippen LogP contribution in [-0.4, -0.2) is 292 Å². The van der Waals surface area contributed by atoms with Gasteiger partial charge >= 0.3 is 11.9 Å². The van der Waals surface area contributed by atoms with E-state index in [4.69, 9.17) is 13.9 Å². The summed E-state index contributed by atoms with van der Waals surface area (Å²) in [5.74, 6) is -9.05. The molecule has 0 saturated carbocycles. The normalized spacial score (nSPS) is 28.9. The zero-order chi connectivity index (χ0) is 87.7. The summed E-state index contributed by atoms with van der Waals surface area (Å²) < 4.78 is 44.9. The molecular weight excluding hydrogens is 1600 g/mol. The van der Waals surface area contributed by atoms with Gasteiger partial charge in [0, 0.05) is 114 Å². The molecule has 14 atom stereocenters. The zero-order valence-corrected chi connectivity index (χ0v) is 72.5. The van der Waals surface area contributed by atoms with E-state index in [-0.39, 0.29) is 124 Å². The molecule has 7 fully saturated rings. The fourth-order valence-electron chi connectivity index (χ4n) is 16.8. The molecule has 2 aromatic carbocycles. The molecule has 6 N–H and O–H groups in total. The Morgan fingerprint density at radius 1 is 0.785 bits per heavy atom. The summed E-state index contributed by atoms with van der Waals surface area (Å²) in [4.78, 5) is 190. The number of amides is 8. The highest BCUT2D eigenvalue weighted by molar-refractivity contribution is 8.00. The van der Waals surface area contributed by atoms with E-state index in [1.54, 1.807) is 81.1 Å². The average molecular weight is 1710 g/mol. The number of ether oxygens (including phenoxy) is 2. The van der Waals surface area contributed by atoms with Crippen molar-refractivity contribution in [1.82, 2.24) is 60.6 Å². The number of carbonyl (C=O) groups excluding carboxylic acids is 12. The van der Waals surface area contributed by atoms with Crippen molar-refractivity contribution in [2.75, 3.05) is 103 Å². The third-order valence-electron chi connectivity index (χ3n) is 23.8. The molecule has 8 amide bonds. The number of sulfone groups is 1. The predicted molar refractivity (Wildman–Crippen MR) is 452 cm³/mol. The Hall–Kier alpha value is -10.2. The van der Waals surface area contributed by atoms with Gasteiger partial charge in [-0.2, -0.15) is 11.8 Å². The van der Waals surface area contributed by atoms with Crippen LogP contribution in [0.3, 0.4) is 0 Å². The van der Waals surface area contributed by atoms with Crippen LogP contribution in [0.5, 0.6) is 5.75 Å². The van der Waals surface area contributed by atoms with Crippen LogP contribution < -0.4 is 26.2 Å². The van der Waals surface area contributed by atoms with Gasteiger partial charge in [-0.1, -0.05) is 114 Å². The van der Waals surface area contributed by atoms with Crippen LogP contribution in [0.25, 0.3) is 0 Å². The number of thioether (sulfide) groups is 1. The van der Waals surface area contributed by atoms with Gasteiger partial charge in [-0.3, -0.25) is 47.9 Å². The van der Waals surface area contributed by atoms with Crippen molar-refractivity contribution in [3.8, 4) is 5.75 Å². The molecule has 12 rings (SSSR count). The molecule has 656 valence electrons. The fourth-order valence-corrected chi connectivity index (χ4v) is 20.3. The number of ketones is 2. The van der Waals surface area contributed by atoms with Gasteiger partial charge in [0.05, 0.1) is 23.5 Å². The predicted octanol–water partition coefficient (Wildman–Crippen LogP) is 4.59. The SMILES string of the molecule is CCN(CC)CCS(=O)(=O)[C@@H]1CCN2C(=O)c3coc(n3)CC(=O)C[C@H](O)/C=C(C)\C=C/CNC(=O)/C=C\[C@@H](C)[C@@H](C(C)C)OC(=O)C12.CC[C@H]1NC(=O)[C@@H](NC(=O)c2ncccc2O)[C@@H](C)OC(=O)[C@H](c2ccccc2)NC(=O)C2CC(=O)C(CS[C@@H]3CN4CCC3CC4)CN2C(=O)[C@H](Cc2ccc(N(C)C)cc2)N(C)C(=O)[C@@H]2CCCN2C1=O. The summed E-state index contributed by atoms with van der Waals surface area (Å²) in [6, 6.07) is 8.81. The maximum atomic E-state index is 15.7. The maximum Gasteiger partial charge on any atom is 0.333 e. The van der Waals surface area contributed by atoms with Crippen LogP contribution in [0.4, 0.5) is 5.69 Å². The van der Waals surface area contributed by atoms with Gasteiger partial charge in [-0.05, 0) is 132 Å². The number of pyridine rings is 1. The number of nitrogens with one attached hydrogen (secondary N) is 4. The lowest BCUT2D eigenvalue weighted by atomic mass is 9.88. The van der Waals surface area contributed by atoms with Crippen LogP contribution in [-0.2, 0) is 80.1 Å². The number of piperidine rings is 4. The number of hydrogen-bond acceptors (Lipinski definition) is 25. The van der Waals surface area contributed by atoms with Gasteiger partial charge in [-0.25, -0.2) is 28.0 Å². The van der Waals surface area contributed by atoms with Crippen molar-refractivity contribution in [1.29, 1.82) is 0 Å². The van der Waals surface area contributed by atoms with E-state index < -0.39 is 152 Å². The molecule has 4 bridgehead atoms. The number of fused-ring (bicyclic) bond motifs is 8. The number of rotatable bonds is 17.